The minimum Gasteiger partial charge on any atom is -0.269 e. The molecule has 2 aromatic rings. The normalized spacial score (nSPS) is 11.5. The highest BCUT2D eigenvalue weighted by Gasteiger charge is 2.23. The van der Waals surface area contributed by atoms with Crippen molar-refractivity contribution in [3.8, 4) is 0 Å². The lowest BCUT2D eigenvalue weighted by molar-refractivity contribution is 0.593. The Hall–Kier alpha value is -1.88. The quantitative estimate of drug-likeness (QED) is 0.869. The number of hydrogen-bond donors (Lipinski definition) is 0. The molecule has 0 aromatic heterocycles. The first-order chi connectivity index (χ1) is 9.73. The highest BCUT2D eigenvalue weighted by Crippen LogP contribution is 2.29. The molecule has 0 amide bonds. The van der Waals surface area contributed by atoms with Gasteiger partial charge >= 0.3 is 0 Å². The molecular weight excluding hydrogens is 289 g/mol. The Kier molecular flexibility index (Phi) is 4.05. The van der Waals surface area contributed by atoms with Crippen LogP contribution in [0.4, 0.5) is 10.1 Å². The van der Waals surface area contributed by atoms with Crippen LogP contribution >= 0.6 is 0 Å². The van der Waals surface area contributed by atoms with E-state index in [0.29, 0.717) is 5.69 Å². The molecule has 2 aromatic carbocycles. The van der Waals surface area contributed by atoms with Crippen LogP contribution in [0.3, 0.4) is 0 Å². The number of sulfonamides is 1. The molecule has 2 rings (SSSR count). The van der Waals surface area contributed by atoms with E-state index in [1.165, 1.54) is 23.5 Å². The summed E-state index contributed by atoms with van der Waals surface area (Å²) >= 11 is 0. The van der Waals surface area contributed by atoms with Gasteiger partial charge in [0.1, 0.15) is 5.82 Å². The van der Waals surface area contributed by atoms with Gasteiger partial charge in [0.05, 0.1) is 10.6 Å². The van der Waals surface area contributed by atoms with Gasteiger partial charge in [0.2, 0.25) is 0 Å². The van der Waals surface area contributed by atoms with E-state index in [-0.39, 0.29) is 4.90 Å². The van der Waals surface area contributed by atoms with E-state index in [9.17, 15) is 12.8 Å². The van der Waals surface area contributed by atoms with Crippen LogP contribution in [-0.2, 0) is 10.0 Å². The molecule has 0 fully saturated rings. The molecule has 3 nitrogen and oxygen atoms in total. The van der Waals surface area contributed by atoms with E-state index in [0.717, 1.165) is 28.8 Å². The Labute approximate surface area is 125 Å². The predicted molar refractivity (Wildman–Crippen MR) is 82.6 cm³/mol. The third kappa shape index (κ3) is 2.93. The highest BCUT2D eigenvalue weighted by atomic mass is 32.2. The summed E-state index contributed by atoms with van der Waals surface area (Å²) in [6.07, 6.45) is 0. The third-order valence-corrected chi connectivity index (χ3v) is 5.19. The zero-order chi connectivity index (χ0) is 15.8. The van der Waals surface area contributed by atoms with Gasteiger partial charge in [-0.1, -0.05) is 17.7 Å². The molecule has 0 aliphatic heterocycles. The molecule has 0 spiro atoms. The van der Waals surface area contributed by atoms with E-state index in [1.54, 1.807) is 0 Å². The lowest BCUT2D eigenvalue weighted by atomic mass is 10.1. The number of anilines is 1. The molecule has 0 heterocycles. The lowest BCUT2D eigenvalue weighted by Gasteiger charge is -2.24. The van der Waals surface area contributed by atoms with Crippen LogP contribution in [-0.4, -0.2) is 15.5 Å². The highest BCUT2D eigenvalue weighted by molar-refractivity contribution is 7.92. The molecule has 5 heteroatoms. The van der Waals surface area contributed by atoms with Gasteiger partial charge in [0.25, 0.3) is 10.0 Å². The van der Waals surface area contributed by atoms with E-state index in [2.05, 4.69) is 0 Å². The lowest BCUT2D eigenvalue weighted by Crippen LogP contribution is -2.28. The van der Waals surface area contributed by atoms with Gasteiger partial charge in [-0.15, -0.1) is 0 Å². The fourth-order valence-electron chi connectivity index (χ4n) is 2.55. The van der Waals surface area contributed by atoms with Crippen molar-refractivity contribution in [3.05, 3.63) is 58.9 Å². The fraction of sp³-hybridized carbons (Fsp3) is 0.250. The summed E-state index contributed by atoms with van der Waals surface area (Å²) in [7, 11) is -2.18. The SMILES string of the molecule is Cc1cc(C)c(N(C)S(=O)(=O)c2ccc(F)cc2)c(C)c1. The Morgan fingerprint density at radius 3 is 1.90 bits per heavy atom. The van der Waals surface area contributed by atoms with Crippen molar-refractivity contribution < 1.29 is 12.8 Å². The summed E-state index contributed by atoms with van der Waals surface area (Å²) in [5, 5.41) is 0. The molecule has 0 aliphatic rings. The zero-order valence-corrected chi connectivity index (χ0v) is 13.3. The first kappa shape index (κ1) is 15.5. The maximum absolute atomic E-state index is 13.0. The topological polar surface area (TPSA) is 37.4 Å². The van der Waals surface area contributed by atoms with Crippen molar-refractivity contribution >= 4 is 15.7 Å². The Bertz CT molecular complexity index is 744. The van der Waals surface area contributed by atoms with Crippen LogP contribution in [0.15, 0.2) is 41.3 Å². The fourth-order valence-corrected chi connectivity index (χ4v) is 3.88. The molecule has 21 heavy (non-hydrogen) atoms. The van der Waals surface area contributed by atoms with Crippen LogP contribution < -0.4 is 4.31 Å². The van der Waals surface area contributed by atoms with E-state index < -0.39 is 15.8 Å². The van der Waals surface area contributed by atoms with Crippen molar-refractivity contribution in [2.24, 2.45) is 0 Å². The minimum absolute atomic E-state index is 0.0748. The van der Waals surface area contributed by atoms with E-state index in [1.807, 2.05) is 32.9 Å². The average Bonchev–Trinajstić information content (AvgIpc) is 2.37. The molecule has 0 N–H and O–H groups in total. The van der Waals surface area contributed by atoms with Crippen molar-refractivity contribution in [1.29, 1.82) is 0 Å². The third-order valence-electron chi connectivity index (χ3n) is 3.42. The number of hydrogen-bond acceptors (Lipinski definition) is 2. The van der Waals surface area contributed by atoms with E-state index >= 15 is 0 Å². The predicted octanol–water partition coefficient (Wildman–Crippen LogP) is 3.58. The van der Waals surface area contributed by atoms with Crippen LogP contribution in [0.25, 0.3) is 0 Å². The summed E-state index contributed by atoms with van der Waals surface area (Å²) in [4.78, 5) is 0.0748. The first-order valence-corrected chi connectivity index (χ1v) is 8.00. The van der Waals surface area contributed by atoms with Gasteiger partial charge < -0.3 is 0 Å². The minimum atomic E-state index is -3.70. The average molecular weight is 307 g/mol. The molecule has 0 aliphatic carbocycles. The second-order valence-corrected chi connectivity index (χ2v) is 7.14. The van der Waals surface area contributed by atoms with Crippen LogP contribution in [0.2, 0.25) is 0 Å². The van der Waals surface area contributed by atoms with Crippen molar-refractivity contribution in [3.63, 3.8) is 0 Å². The number of benzene rings is 2. The molecule has 0 saturated heterocycles. The summed E-state index contributed by atoms with van der Waals surface area (Å²) in [5.74, 6) is -0.459. The van der Waals surface area contributed by atoms with Crippen LogP contribution in [0.5, 0.6) is 0 Å². The monoisotopic (exact) mass is 307 g/mol. The number of nitrogens with zero attached hydrogens (tertiary/aromatic N) is 1. The second-order valence-electron chi connectivity index (χ2n) is 5.17. The Balaban J connectivity index is 2.53. The van der Waals surface area contributed by atoms with Crippen LogP contribution in [0, 0.1) is 26.6 Å². The Morgan fingerprint density at radius 2 is 1.43 bits per heavy atom. The standard InChI is InChI=1S/C16H18FNO2S/c1-11-9-12(2)16(13(3)10-11)18(4)21(19,20)15-7-5-14(17)6-8-15/h5-10H,1-4H3. The number of halogens is 1. The molecular formula is C16H18FNO2S. The van der Waals surface area contributed by atoms with Crippen LogP contribution in [0.1, 0.15) is 16.7 Å². The molecule has 112 valence electrons. The molecule has 0 radical (unpaired) electrons. The van der Waals surface area contributed by atoms with Gasteiger partial charge in [0.15, 0.2) is 0 Å². The molecule has 0 bridgehead atoms. The zero-order valence-electron chi connectivity index (χ0n) is 12.5. The van der Waals surface area contributed by atoms with Gasteiger partial charge in [-0.2, -0.15) is 0 Å². The van der Waals surface area contributed by atoms with Crippen molar-refractivity contribution in [2.45, 2.75) is 25.7 Å². The summed E-state index contributed by atoms with van der Waals surface area (Å²) in [5.41, 5.74) is 3.52. The first-order valence-electron chi connectivity index (χ1n) is 6.56. The largest absolute Gasteiger partial charge is 0.269 e. The molecule has 0 saturated carbocycles. The van der Waals surface area contributed by atoms with Gasteiger partial charge in [0, 0.05) is 7.05 Å². The smallest absolute Gasteiger partial charge is 0.264 e. The Morgan fingerprint density at radius 1 is 0.952 bits per heavy atom. The number of aryl methyl sites for hydroxylation is 3. The van der Waals surface area contributed by atoms with E-state index in [4.69, 9.17) is 0 Å². The summed E-state index contributed by atoms with van der Waals surface area (Å²) in [6, 6.07) is 8.74. The summed E-state index contributed by atoms with van der Waals surface area (Å²) < 4.78 is 39.5. The maximum Gasteiger partial charge on any atom is 0.264 e. The van der Waals surface area contributed by atoms with Crippen molar-refractivity contribution in [2.75, 3.05) is 11.4 Å². The number of rotatable bonds is 3. The second kappa shape index (κ2) is 5.48. The van der Waals surface area contributed by atoms with Gasteiger partial charge in [-0.25, -0.2) is 12.8 Å². The van der Waals surface area contributed by atoms with Crippen molar-refractivity contribution in [1.82, 2.24) is 0 Å². The maximum atomic E-state index is 13.0. The van der Waals surface area contributed by atoms with Gasteiger partial charge in [-0.05, 0) is 56.2 Å². The molecule has 0 unspecified atom stereocenters. The summed E-state index contributed by atoms with van der Waals surface area (Å²) in [6.45, 7) is 5.73. The van der Waals surface area contributed by atoms with Gasteiger partial charge in [-0.3, -0.25) is 4.31 Å². The molecule has 0 atom stereocenters.